The molecule has 2 atom stereocenters. The van der Waals surface area contributed by atoms with Crippen LogP contribution in [-0.4, -0.2) is 53.7 Å². The molecule has 0 spiro atoms. The van der Waals surface area contributed by atoms with Crippen molar-refractivity contribution < 1.29 is 13.6 Å². The minimum Gasteiger partial charge on any atom is -0.353 e. The van der Waals surface area contributed by atoms with Gasteiger partial charge in [0.1, 0.15) is 0 Å². The maximum Gasteiger partial charge on any atom is 0.262 e. The quantitative estimate of drug-likeness (QED) is 0.853. The van der Waals surface area contributed by atoms with Gasteiger partial charge in [0.25, 0.3) is 5.92 Å². The van der Waals surface area contributed by atoms with Crippen molar-refractivity contribution in [2.45, 2.75) is 37.3 Å². The minimum atomic E-state index is -2.79. The van der Waals surface area contributed by atoms with Gasteiger partial charge in [-0.25, -0.2) is 8.78 Å². The van der Waals surface area contributed by atoms with Gasteiger partial charge in [-0.1, -0.05) is 0 Å². The molecule has 0 bridgehead atoms. The summed E-state index contributed by atoms with van der Waals surface area (Å²) in [5, 5.41) is 13.4. The van der Waals surface area contributed by atoms with Gasteiger partial charge in [0.15, 0.2) is 5.82 Å². The Kier molecular flexibility index (Phi) is 5.69. The lowest BCUT2D eigenvalue weighted by atomic mass is 10.0. The molecule has 6 nitrogen and oxygen atoms in total. The fourth-order valence-electron chi connectivity index (χ4n) is 2.97. The molecule has 3 heterocycles. The Bertz CT molecular complexity index is 533. The third-order valence-corrected chi connectivity index (χ3v) is 4.08. The van der Waals surface area contributed by atoms with Crippen LogP contribution in [0.15, 0.2) is 18.3 Å². The van der Waals surface area contributed by atoms with Crippen LogP contribution in [0.5, 0.6) is 0 Å². The van der Waals surface area contributed by atoms with E-state index >= 15 is 0 Å². The number of alkyl halides is 2. The van der Waals surface area contributed by atoms with E-state index in [1.807, 2.05) is 12.1 Å². The lowest BCUT2D eigenvalue weighted by Crippen LogP contribution is -2.52. The van der Waals surface area contributed by atoms with Crippen molar-refractivity contribution in [3.8, 4) is 0 Å². The number of amides is 1. The van der Waals surface area contributed by atoms with Crippen LogP contribution in [-0.2, 0) is 4.79 Å². The lowest BCUT2D eigenvalue weighted by molar-refractivity contribution is -0.124. The molecule has 9 heteroatoms. The molecule has 1 amide bonds. The lowest BCUT2D eigenvalue weighted by Gasteiger charge is -2.34. The Balaban J connectivity index is 0.00000192. The van der Waals surface area contributed by atoms with Crippen LogP contribution < -0.4 is 15.5 Å². The third-order valence-electron chi connectivity index (χ3n) is 4.08. The number of hydrogen-bond acceptors (Lipinski definition) is 5. The van der Waals surface area contributed by atoms with Crippen LogP contribution in [0.25, 0.3) is 0 Å². The van der Waals surface area contributed by atoms with Gasteiger partial charge in [0.2, 0.25) is 5.91 Å². The molecule has 2 fully saturated rings. The standard InChI is InChI=1S/C14H19F2N5O.ClH/c15-14(16)7-11(17-9-14)13(22)19-10-3-2-6-21(8-10)12-4-1-5-18-20-12;/h1,4-5,10-11,17H,2-3,6-9H2,(H,19,22);1H. The molecule has 2 aliphatic rings. The van der Waals surface area contributed by atoms with Crippen molar-refractivity contribution in [3.63, 3.8) is 0 Å². The SMILES string of the molecule is Cl.O=C(NC1CCCN(c2cccnn2)C1)C1CC(F)(F)CN1. The Morgan fingerprint density at radius 3 is 2.96 bits per heavy atom. The number of hydrogen-bond donors (Lipinski definition) is 2. The summed E-state index contributed by atoms with van der Waals surface area (Å²) >= 11 is 0. The molecule has 128 valence electrons. The second kappa shape index (κ2) is 7.35. The second-order valence-electron chi connectivity index (χ2n) is 5.87. The summed E-state index contributed by atoms with van der Waals surface area (Å²) in [6, 6.07) is 2.83. The van der Waals surface area contributed by atoms with Gasteiger partial charge in [-0.2, -0.15) is 5.10 Å². The predicted molar refractivity (Wildman–Crippen MR) is 84.0 cm³/mol. The number of piperidine rings is 1. The fraction of sp³-hybridized carbons (Fsp3) is 0.643. The van der Waals surface area contributed by atoms with E-state index in [2.05, 4.69) is 25.7 Å². The van der Waals surface area contributed by atoms with Crippen molar-refractivity contribution in [2.75, 3.05) is 24.5 Å². The van der Waals surface area contributed by atoms with Crippen LogP contribution in [0.1, 0.15) is 19.3 Å². The van der Waals surface area contributed by atoms with E-state index in [1.54, 1.807) is 6.20 Å². The average Bonchev–Trinajstić information content (AvgIpc) is 2.89. The molecule has 1 aromatic heterocycles. The Hall–Kier alpha value is -1.54. The Morgan fingerprint density at radius 1 is 1.48 bits per heavy atom. The number of anilines is 1. The Labute approximate surface area is 139 Å². The highest BCUT2D eigenvalue weighted by Gasteiger charge is 2.42. The van der Waals surface area contributed by atoms with E-state index in [4.69, 9.17) is 0 Å². The minimum absolute atomic E-state index is 0. The normalized spacial score (nSPS) is 26.4. The van der Waals surface area contributed by atoms with Crippen LogP contribution in [0.4, 0.5) is 14.6 Å². The molecule has 3 rings (SSSR count). The summed E-state index contributed by atoms with van der Waals surface area (Å²) in [7, 11) is 0. The smallest absolute Gasteiger partial charge is 0.262 e. The van der Waals surface area contributed by atoms with Gasteiger partial charge in [0, 0.05) is 31.7 Å². The largest absolute Gasteiger partial charge is 0.353 e. The predicted octanol–water partition coefficient (Wildman–Crippen LogP) is 0.981. The summed E-state index contributed by atoms with van der Waals surface area (Å²) in [5.74, 6) is -2.37. The first-order valence-electron chi connectivity index (χ1n) is 7.48. The van der Waals surface area contributed by atoms with E-state index in [0.29, 0.717) is 6.54 Å². The first-order valence-corrected chi connectivity index (χ1v) is 7.48. The molecule has 23 heavy (non-hydrogen) atoms. The van der Waals surface area contributed by atoms with Crippen molar-refractivity contribution in [1.29, 1.82) is 0 Å². The van der Waals surface area contributed by atoms with E-state index in [1.165, 1.54) is 0 Å². The van der Waals surface area contributed by atoms with Crippen molar-refractivity contribution in [3.05, 3.63) is 18.3 Å². The molecule has 0 aromatic carbocycles. The molecule has 2 saturated heterocycles. The summed E-state index contributed by atoms with van der Waals surface area (Å²) in [4.78, 5) is 14.1. The number of nitrogens with one attached hydrogen (secondary N) is 2. The molecular weight excluding hydrogens is 328 g/mol. The monoisotopic (exact) mass is 347 g/mol. The maximum atomic E-state index is 13.2. The molecule has 0 radical (unpaired) electrons. The zero-order valence-electron chi connectivity index (χ0n) is 12.5. The van der Waals surface area contributed by atoms with Gasteiger partial charge in [-0.3, -0.25) is 10.1 Å². The Morgan fingerprint density at radius 2 is 2.30 bits per heavy atom. The van der Waals surface area contributed by atoms with Crippen LogP contribution in [0.3, 0.4) is 0 Å². The molecular formula is C14H20ClF2N5O. The van der Waals surface area contributed by atoms with E-state index < -0.39 is 24.9 Å². The number of nitrogens with zero attached hydrogens (tertiary/aromatic N) is 3. The zero-order valence-corrected chi connectivity index (χ0v) is 13.4. The second-order valence-corrected chi connectivity index (χ2v) is 5.87. The fourth-order valence-corrected chi connectivity index (χ4v) is 2.97. The van der Waals surface area contributed by atoms with Gasteiger partial charge in [-0.05, 0) is 25.0 Å². The van der Waals surface area contributed by atoms with Crippen LogP contribution in [0.2, 0.25) is 0 Å². The topological polar surface area (TPSA) is 70.2 Å². The van der Waals surface area contributed by atoms with Crippen molar-refractivity contribution in [1.82, 2.24) is 20.8 Å². The first-order chi connectivity index (χ1) is 10.5. The van der Waals surface area contributed by atoms with Gasteiger partial charge >= 0.3 is 0 Å². The van der Waals surface area contributed by atoms with E-state index in [0.717, 1.165) is 25.2 Å². The summed E-state index contributed by atoms with van der Waals surface area (Å²) in [6.07, 6.45) is 2.93. The number of carbonyl (C=O) groups is 1. The summed E-state index contributed by atoms with van der Waals surface area (Å²) in [6.45, 7) is 1.04. The number of carbonyl (C=O) groups excluding carboxylic acids is 1. The van der Waals surface area contributed by atoms with E-state index in [-0.39, 0.29) is 24.4 Å². The highest BCUT2D eigenvalue weighted by Crippen LogP contribution is 2.25. The average molecular weight is 348 g/mol. The summed E-state index contributed by atoms with van der Waals surface area (Å²) < 4.78 is 26.3. The molecule has 2 N–H and O–H groups in total. The molecule has 0 aliphatic carbocycles. The maximum absolute atomic E-state index is 13.2. The van der Waals surface area contributed by atoms with Crippen LogP contribution >= 0.6 is 12.4 Å². The van der Waals surface area contributed by atoms with Crippen molar-refractivity contribution >= 4 is 24.1 Å². The van der Waals surface area contributed by atoms with Gasteiger partial charge in [-0.15, -0.1) is 17.5 Å². The van der Waals surface area contributed by atoms with Crippen molar-refractivity contribution in [2.24, 2.45) is 0 Å². The highest BCUT2D eigenvalue weighted by atomic mass is 35.5. The molecule has 2 unspecified atom stereocenters. The highest BCUT2D eigenvalue weighted by molar-refractivity contribution is 5.85. The summed E-state index contributed by atoms with van der Waals surface area (Å²) in [5.41, 5.74) is 0. The number of rotatable bonds is 3. The molecule has 2 aliphatic heterocycles. The van der Waals surface area contributed by atoms with E-state index in [9.17, 15) is 13.6 Å². The van der Waals surface area contributed by atoms with Gasteiger partial charge < -0.3 is 10.2 Å². The first kappa shape index (κ1) is 17.8. The zero-order chi connectivity index (χ0) is 15.6. The number of halogens is 3. The number of aromatic nitrogens is 2. The van der Waals surface area contributed by atoms with Gasteiger partial charge in [0.05, 0.1) is 12.6 Å². The molecule has 0 saturated carbocycles. The van der Waals surface area contributed by atoms with Crippen LogP contribution in [0, 0.1) is 0 Å². The third kappa shape index (κ3) is 4.48. The molecule has 1 aromatic rings.